The number of aromatic nitrogens is 1. The number of ether oxygens (including phenoxy) is 1. The van der Waals surface area contributed by atoms with Crippen molar-refractivity contribution >= 4 is 22.9 Å². The lowest BCUT2D eigenvalue weighted by Gasteiger charge is -2.08. The Morgan fingerprint density at radius 2 is 1.87 bits per heavy atom. The van der Waals surface area contributed by atoms with Crippen molar-refractivity contribution in [2.75, 3.05) is 6.61 Å². The summed E-state index contributed by atoms with van der Waals surface area (Å²) in [5, 5.41) is 1.68. The molecule has 3 aromatic rings. The monoisotopic (exact) mass is 422 g/mol. The number of rotatable bonds is 8. The highest BCUT2D eigenvalue weighted by Crippen LogP contribution is 2.24. The van der Waals surface area contributed by atoms with Crippen LogP contribution in [0.5, 0.6) is 5.75 Å². The number of nitrogens with zero attached hydrogens (tertiary/aromatic N) is 1. The molecule has 1 unspecified atom stereocenters. The lowest BCUT2D eigenvalue weighted by Crippen LogP contribution is -2.25. The lowest BCUT2D eigenvalue weighted by molar-refractivity contribution is -0.118. The molecule has 7 heteroatoms. The largest absolute Gasteiger partial charge is 0.494 e. The minimum Gasteiger partial charge on any atom is -0.494 e. The average molecular weight is 423 g/mol. The molecular formula is C23H22N2O4S. The molecule has 1 fully saturated rings. The summed E-state index contributed by atoms with van der Waals surface area (Å²) >= 11 is 1.04. The maximum Gasteiger partial charge on any atom is 0.286 e. The number of amides is 2. The minimum atomic E-state index is -0.351. The van der Waals surface area contributed by atoms with Gasteiger partial charge in [-0.3, -0.25) is 14.9 Å². The Hall–Kier alpha value is -3.06. The Kier molecular flexibility index (Phi) is 6.18. The molecular weight excluding hydrogens is 400 g/mol. The number of nitrogens with one attached hydrogen (secondary N) is 1. The topological polar surface area (TPSA) is 81.4 Å². The van der Waals surface area contributed by atoms with Crippen LogP contribution in [0.15, 0.2) is 59.0 Å². The van der Waals surface area contributed by atoms with Gasteiger partial charge < -0.3 is 9.15 Å². The predicted molar refractivity (Wildman–Crippen MR) is 116 cm³/mol. The molecule has 1 aliphatic rings. The Morgan fingerprint density at radius 3 is 2.57 bits per heavy atom. The SMILES string of the molecule is Cc1oc(-c2ccccc2)nc1CCCOc1ccc(CC2SC(=O)NC2=O)cc1. The fourth-order valence-electron chi connectivity index (χ4n) is 3.26. The Bertz CT molecular complexity index is 1030. The zero-order chi connectivity index (χ0) is 20.9. The molecule has 4 rings (SSSR count). The first kappa shape index (κ1) is 20.2. The molecule has 0 aliphatic carbocycles. The maximum atomic E-state index is 11.7. The Balaban J connectivity index is 1.24. The Labute approximate surface area is 179 Å². The summed E-state index contributed by atoms with van der Waals surface area (Å²) in [5.74, 6) is 2.05. The van der Waals surface area contributed by atoms with Crippen LogP contribution in [0.4, 0.5) is 4.79 Å². The van der Waals surface area contributed by atoms with Crippen molar-refractivity contribution in [3.05, 3.63) is 71.6 Å². The van der Waals surface area contributed by atoms with Gasteiger partial charge in [0.1, 0.15) is 11.5 Å². The van der Waals surface area contributed by atoms with Crippen LogP contribution in [0.3, 0.4) is 0 Å². The molecule has 154 valence electrons. The van der Waals surface area contributed by atoms with E-state index in [1.807, 2.05) is 61.5 Å². The highest BCUT2D eigenvalue weighted by Gasteiger charge is 2.31. The van der Waals surface area contributed by atoms with Crippen molar-refractivity contribution in [1.29, 1.82) is 0 Å². The van der Waals surface area contributed by atoms with E-state index in [0.29, 0.717) is 18.9 Å². The van der Waals surface area contributed by atoms with E-state index < -0.39 is 0 Å². The van der Waals surface area contributed by atoms with Crippen LogP contribution >= 0.6 is 11.8 Å². The molecule has 1 aliphatic heterocycles. The normalized spacial score (nSPS) is 16.0. The number of aryl methyl sites for hydroxylation is 2. The first-order chi connectivity index (χ1) is 14.6. The molecule has 6 nitrogen and oxygen atoms in total. The van der Waals surface area contributed by atoms with Gasteiger partial charge in [0.05, 0.1) is 17.6 Å². The number of oxazole rings is 1. The summed E-state index contributed by atoms with van der Waals surface area (Å²) < 4.78 is 11.6. The minimum absolute atomic E-state index is 0.219. The van der Waals surface area contributed by atoms with Crippen molar-refractivity contribution in [2.45, 2.75) is 31.4 Å². The van der Waals surface area contributed by atoms with E-state index in [1.54, 1.807) is 0 Å². The molecule has 30 heavy (non-hydrogen) atoms. The molecule has 1 N–H and O–H groups in total. The van der Waals surface area contributed by atoms with E-state index in [4.69, 9.17) is 9.15 Å². The van der Waals surface area contributed by atoms with E-state index in [0.717, 1.165) is 52.9 Å². The van der Waals surface area contributed by atoms with Crippen LogP contribution in [-0.2, 0) is 17.6 Å². The standard InChI is InChI=1S/C23H22N2O4S/c1-15-19(24-22(29-15)17-6-3-2-4-7-17)8-5-13-28-18-11-9-16(10-12-18)14-20-21(26)25-23(27)30-20/h2-4,6-7,9-12,20H,5,8,13-14H2,1H3,(H,25,26,27). The van der Waals surface area contributed by atoms with E-state index in [2.05, 4.69) is 10.3 Å². The maximum absolute atomic E-state index is 11.7. The molecule has 1 saturated heterocycles. The molecule has 0 radical (unpaired) electrons. The summed E-state index contributed by atoms with van der Waals surface area (Å²) in [6.07, 6.45) is 2.13. The number of imide groups is 1. The van der Waals surface area contributed by atoms with Gasteiger partial charge in [0.15, 0.2) is 0 Å². The third kappa shape index (κ3) is 4.91. The molecule has 2 amide bonds. The fourth-order valence-corrected chi connectivity index (χ4v) is 4.12. The number of thioether (sulfide) groups is 1. The number of carbonyl (C=O) groups is 2. The highest BCUT2D eigenvalue weighted by molar-refractivity contribution is 8.15. The van der Waals surface area contributed by atoms with Crippen LogP contribution in [-0.4, -0.2) is 28.0 Å². The van der Waals surface area contributed by atoms with Crippen LogP contribution in [0, 0.1) is 6.92 Å². The zero-order valence-electron chi connectivity index (χ0n) is 16.6. The zero-order valence-corrected chi connectivity index (χ0v) is 17.4. The van der Waals surface area contributed by atoms with Gasteiger partial charge in [-0.05, 0) is 56.0 Å². The first-order valence-electron chi connectivity index (χ1n) is 9.83. The molecule has 1 aromatic heterocycles. The van der Waals surface area contributed by atoms with E-state index in [-0.39, 0.29) is 16.4 Å². The fraction of sp³-hybridized carbons (Fsp3) is 0.261. The van der Waals surface area contributed by atoms with Crippen molar-refractivity contribution in [3.8, 4) is 17.2 Å². The predicted octanol–water partition coefficient (Wildman–Crippen LogP) is 4.56. The second kappa shape index (κ2) is 9.17. The van der Waals surface area contributed by atoms with E-state index in [9.17, 15) is 9.59 Å². The summed E-state index contributed by atoms with van der Waals surface area (Å²) in [6, 6.07) is 17.5. The Morgan fingerprint density at radius 1 is 1.10 bits per heavy atom. The smallest absolute Gasteiger partial charge is 0.286 e. The highest BCUT2D eigenvalue weighted by atomic mass is 32.2. The van der Waals surface area contributed by atoms with Gasteiger partial charge in [-0.15, -0.1) is 0 Å². The van der Waals surface area contributed by atoms with Crippen molar-refractivity contribution in [2.24, 2.45) is 0 Å². The van der Waals surface area contributed by atoms with Crippen molar-refractivity contribution in [1.82, 2.24) is 10.3 Å². The quantitative estimate of drug-likeness (QED) is 0.536. The summed E-state index contributed by atoms with van der Waals surface area (Å²) in [4.78, 5) is 27.5. The van der Waals surface area contributed by atoms with Gasteiger partial charge in [-0.25, -0.2) is 4.98 Å². The van der Waals surface area contributed by atoms with Crippen molar-refractivity contribution < 1.29 is 18.7 Å². The van der Waals surface area contributed by atoms with Gasteiger partial charge in [0.25, 0.3) is 5.24 Å². The second-order valence-electron chi connectivity index (χ2n) is 7.07. The molecule has 0 saturated carbocycles. The molecule has 0 bridgehead atoms. The second-order valence-corrected chi connectivity index (χ2v) is 8.25. The van der Waals surface area contributed by atoms with Crippen LogP contribution in [0.25, 0.3) is 11.5 Å². The van der Waals surface area contributed by atoms with Crippen LogP contribution in [0.1, 0.15) is 23.4 Å². The number of carbonyl (C=O) groups excluding carboxylic acids is 2. The van der Waals surface area contributed by atoms with E-state index >= 15 is 0 Å². The number of hydrogen-bond donors (Lipinski definition) is 1. The number of benzene rings is 2. The van der Waals surface area contributed by atoms with Gasteiger partial charge in [0, 0.05) is 5.56 Å². The van der Waals surface area contributed by atoms with Gasteiger partial charge in [-0.1, -0.05) is 42.1 Å². The number of hydrogen-bond acceptors (Lipinski definition) is 6. The van der Waals surface area contributed by atoms with Gasteiger partial charge in [-0.2, -0.15) is 0 Å². The van der Waals surface area contributed by atoms with Crippen LogP contribution < -0.4 is 10.1 Å². The van der Waals surface area contributed by atoms with Crippen molar-refractivity contribution in [3.63, 3.8) is 0 Å². The molecule has 1 atom stereocenters. The van der Waals surface area contributed by atoms with E-state index in [1.165, 1.54) is 0 Å². The van der Waals surface area contributed by atoms with Crippen LogP contribution in [0.2, 0.25) is 0 Å². The summed E-state index contributed by atoms with van der Waals surface area (Å²) in [5.41, 5.74) is 2.92. The third-order valence-electron chi connectivity index (χ3n) is 4.85. The summed E-state index contributed by atoms with van der Waals surface area (Å²) in [7, 11) is 0. The van der Waals surface area contributed by atoms with Gasteiger partial charge >= 0.3 is 0 Å². The summed E-state index contributed by atoms with van der Waals surface area (Å²) in [6.45, 7) is 2.51. The third-order valence-corrected chi connectivity index (χ3v) is 5.83. The lowest BCUT2D eigenvalue weighted by atomic mass is 10.1. The average Bonchev–Trinajstić information content (AvgIpc) is 3.28. The molecule has 2 aromatic carbocycles. The van der Waals surface area contributed by atoms with Gasteiger partial charge in [0.2, 0.25) is 11.8 Å². The molecule has 2 heterocycles. The first-order valence-corrected chi connectivity index (χ1v) is 10.7. The molecule has 0 spiro atoms.